The van der Waals surface area contributed by atoms with Gasteiger partial charge in [0, 0.05) is 6.54 Å². The number of nitrogens with two attached hydrogens (primary N) is 1. The standard InChI is InChI=1S/C11H18N4O2/c1-7(2)8(3)6-13-11-5-9(15(16)17)4-10(12)14-11/h4-5,7-8H,6H2,1-3H3,(H3,12,13,14). The second-order valence-electron chi connectivity index (χ2n) is 4.49. The van der Waals surface area contributed by atoms with Gasteiger partial charge in [0.1, 0.15) is 11.6 Å². The molecule has 17 heavy (non-hydrogen) atoms. The third-order valence-corrected chi connectivity index (χ3v) is 2.78. The largest absolute Gasteiger partial charge is 0.383 e. The number of pyridine rings is 1. The molecule has 1 atom stereocenters. The Kier molecular flexibility index (Phi) is 4.25. The van der Waals surface area contributed by atoms with Gasteiger partial charge >= 0.3 is 0 Å². The van der Waals surface area contributed by atoms with E-state index in [0.717, 1.165) is 0 Å². The summed E-state index contributed by atoms with van der Waals surface area (Å²) in [5.41, 5.74) is 5.46. The van der Waals surface area contributed by atoms with Gasteiger partial charge in [0.15, 0.2) is 0 Å². The zero-order valence-corrected chi connectivity index (χ0v) is 10.3. The molecule has 6 nitrogen and oxygen atoms in total. The summed E-state index contributed by atoms with van der Waals surface area (Å²) < 4.78 is 0. The van der Waals surface area contributed by atoms with Gasteiger partial charge in [-0.05, 0) is 11.8 Å². The molecule has 0 fully saturated rings. The second kappa shape index (κ2) is 5.47. The van der Waals surface area contributed by atoms with Crippen LogP contribution in [0.4, 0.5) is 17.3 Å². The summed E-state index contributed by atoms with van der Waals surface area (Å²) in [5.74, 6) is 1.60. The first-order valence-electron chi connectivity index (χ1n) is 5.56. The first-order valence-corrected chi connectivity index (χ1v) is 5.56. The predicted octanol–water partition coefficient (Wildman–Crippen LogP) is 2.28. The summed E-state index contributed by atoms with van der Waals surface area (Å²) >= 11 is 0. The third-order valence-electron chi connectivity index (χ3n) is 2.78. The van der Waals surface area contributed by atoms with Crippen LogP contribution in [0.25, 0.3) is 0 Å². The highest BCUT2D eigenvalue weighted by Crippen LogP contribution is 2.19. The molecule has 0 aliphatic rings. The van der Waals surface area contributed by atoms with Crippen molar-refractivity contribution in [3.05, 3.63) is 22.2 Å². The van der Waals surface area contributed by atoms with E-state index >= 15 is 0 Å². The van der Waals surface area contributed by atoms with E-state index in [1.165, 1.54) is 12.1 Å². The average molecular weight is 238 g/mol. The van der Waals surface area contributed by atoms with Crippen molar-refractivity contribution in [2.75, 3.05) is 17.6 Å². The number of rotatable bonds is 5. The van der Waals surface area contributed by atoms with Crippen LogP contribution in [-0.2, 0) is 0 Å². The van der Waals surface area contributed by atoms with Gasteiger partial charge in [-0.25, -0.2) is 4.98 Å². The van der Waals surface area contributed by atoms with Crippen LogP contribution < -0.4 is 11.1 Å². The van der Waals surface area contributed by atoms with Crippen LogP contribution in [0.3, 0.4) is 0 Å². The monoisotopic (exact) mass is 238 g/mol. The van der Waals surface area contributed by atoms with Crippen LogP contribution in [0.15, 0.2) is 12.1 Å². The fourth-order valence-electron chi connectivity index (χ4n) is 1.23. The van der Waals surface area contributed by atoms with Crippen molar-refractivity contribution in [1.82, 2.24) is 4.98 Å². The smallest absolute Gasteiger partial charge is 0.276 e. The topological polar surface area (TPSA) is 94.1 Å². The van der Waals surface area contributed by atoms with E-state index in [2.05, 4.69) is 31.1 Å². The van der Waals surface area contributed by atoms with Crippen molar-refractivity contribution in [2.45, 2.75) is 20.8 Å². The third kappa shape index (κ3) is 3.90. The molecular formula is C11H18N4O2. The average Bonchev–Trinajstić information content (AvgIpc) is 2.24. The number of nitrogens with one attached hydrogen (secondary N) is 1. The molecule has 0 bridgehead atoms. The van der Waals surface area contributed by atoms with Crippen LogP contribution >= 0.6 is 0 Å². The van der Waals surface area contributed by atoms with Crippen LogP contribution in [0.1, 0.15) is 20.8 Å². The van der Waals surface area contributed by atoms with E-state index in [1.807, 2.05) is 0 Å². The van der Waals surface area contributed by atoms with Gasteiger partial charge in [-0.2, -0.15) is 0 Å². The lowest BCUT2D eigenvalue weighted by molar-refractivity contribution is -0.384. The second-order valence-corrected chi connectivity index (χ2v) is 4.49. The Morgan fingerprint density at radius 2 is 2.12 bits per heavy atom. The van der Waals surface area contributed by atoms with Crippen LogP contribution in [0.2, 0.25) is 0 Å². The van der Waals surface area contributed by atoms with Gasteiger partial charge in [0.2, 0.25) is 0 Å². The maximum absolute atomic E-state index is 10.6. The maximum Gasteiger partial charge on any atom is 0.276 e. The molecule has 0 aliphatic carbocycles. The first-order chi connectivity index (χ1) is 7.90. The van der Waals surface area contributed by atoms with E-state index < -0.39 is 4.92 Å². The molecule has 1 unspecified atom stereocenters. The zero-order chi connectivity index (χ0) is 13.0. The SMILES string of the molecule is CC(C)C(C)CNc1cc([N+](=O)[O-])cc(N)n1. The van der Waals surface area contributed by atoms with Gasteiger partial charge in [-0.3, -0.25) is 10.1 Å². The molecule has 0 spiro atoms. The van der Waals surface area contributed by atoms with Crippen molar-refractivity contribution in [3.8, 4) is 0 Å². The molecule has 0 saturated heterocycles. The Morgan fingerprint density at radius 1 is 1.47 bits per heavy atom. The van der Waals surface area contributed by atoms with E-state index in [4.69, 9.17) is 5.73 Å². The summed E-state index contributed by atoms with van der Waals surface area (Å²) in [7, 11) is 0. The predicted molar refractivity (Wildman–Crippen MR) is 67.8 cm³/mol. The molecule has 1 aromatic rings. The van der Waals surface area contributed by atoms with E-state index in [-0.39, 0.29) is 11.5 Å². The maximum atomic E-state index is 10.6. The van der Waals surface area contributed by atoms with E-state index in [9.17, 15) is 10.1 Å². The minimum Gasteiger partial charge on any atom is -0.383 e. The summed E-state index contributed by atoms with van der Waals surface area (Å²) in [4.78, 5) is 14.2. The fraction of sp³-hybridized carbons (Fsp3) is 0.545. The molecule has 0 aromatic carbocycles. The van der Waals surface area contributed by atoms with Crippen molar-refractivity contribution >= 4 is 17.3 Å². The van der Waals surface area contributed by atoms with Gasteiger partial charge < -0.3 is 11.1 Å². The normalized spacial score (nSPS) is 12.5. The highest BCUT2D eigenvalue weighted by atomic mass is 16.6. The Hall–Kier alpha value is -1.85. The number of nitrogen functional groups attached to an aromatic ring is 1. The number of hydrogen-bond acceptors (Lipinski definition) is 5. The van der Waals surface area contributed by atoms with Crippen LogP contribution in [0.5, 0.6) is 0 Å². The van der Waals surface area contributed by atoms with Gasteiger partial charge in [0.05, 0.1) is 17.1 Å². The van der Waals surface area contributed by atoms with Gasteiger partial charge in [0.25, 0.3) is 5.69 Å². The fourth-order valence-corrected chi connectivity index (χ4v) is 1.23. The Bertz CT molecular complexity index is 406. The van der Waals surface area contributed by atoms with Crippen LogP contribution in [-0.4, -0.2) is 16.5 Å². The number of hydrogen-bond donors (Lipinski definition) is 2. The Morgan fingerprint density at radius 3 is 2.65 bits per heavy atom. The van der Waals surface area contributed by atoms with Crippen LogP contribution in [0, 0.1) is 22.0 Å². The van der Waals surface area contributed by atoms with Crippen molar-refractivity contribution in [2.24, 2.45) is 11.8 Å². The molecular weight excluding hydrogens is 220 g/mol. The van der Waals surface area contributed by atoms with E-state index in [0.29, 0.717) is 24.2 Å². The molecule has 0 saturated carbocycles. The van der Waals surface area contributed by atoms with E-state index in [1.54, 1.807) is 0 Å². The lowest BCUT2D eigenvalue weighted by atomic mass is 9.98. The molecule has 0 amide bonds. The highest BCUT2D eigenvalue weighted by Gasteiger charge is 2.11. The Balaban J connectivity index is 2.74. The molecule has 1 rings (SSSR count). The van der Waals surface area contributed by atoms with Gasteiger partial charge in [-0.1, -0.05) is 20.8 Å². The van der Waals surface area contributed by atoms with Crippen molar-refractivity contribution in [3.63, 3.8) is 0 Å². The molecule has 1 aromatic heterocycles. The summed E-state index contributed by atoms with van der Waals surface area (Å²) in [6, 6.07) is 2.64. The highest BCUT2D eigenvalue weighted by molar-refractivity contribution is 5.52. The molecule has 6 heteroatoms. The quantitative estimate of drug-likeness (QED) is 0.606. The zero-order valence-electron chi connectivity index (χ0n) is 10.3. The summed E-state index contributed by atoms with van der Waals surface area (Å²) in [6.07, 6.45) is 0. The molecule has 0 radical (unpaired) electrons. The first kappa shape index (κ1) is 13.2. The van der Waals surface area contributed by atoms with Crippen molar-refractivity contribution in [1.29, 1.82) is 0 Å². The minimum absolute atomic E-state index is 0.0443. The number of aromatic nitrogens is 1. The lowest BCUT2D eigenvalue weighted by Gasteiger charge is -2.16. The Labute approximate surface area is 100 Å². The van der Waals surface area contributed by atoms with Crippen molar-refractivity contribution < 1.29 is 4.92 Å². The lowest BCUT2D eigenvalue weighted by Crippen LogP contribution is -2.17. The minimum atomic E-state index is -0.477. The van der Waals surface area contributed by atoms with Gasteiger partial charge in [-0.15, -0.1) is 0 Å². The number of nitrogens with zero attached hydrogens (tertiary/aromatic N) is 2. The number of nitro groups is 1. The molecule has 94 valence electrons. The summed E-state index contributed by atoms with van der Waals surface area (Å²) in [5, 5.41) is 13.7. The molecule has 0 aliphatic heterocycles. The summed E-state index contributed by atoms with van der Waals surface area (Å²) in [6.45, 7) is 7.08. The number of anilines is 2. The molecule has 1 heterocycles. The molecule has 3 N–H and O–H groups in total.